The molecule has 0 N–H and O–H groups in total. The SMILES string of the molecule is [N-]=[N+]=Nc1ccccc1C#CC=O. The fourth-order valence-corrected chi connectivity index (χ4v) is 0.822. The highest BCUT2D eigenvalue weighted by molar-refractivity contribution is 5.75. The van der Waals surface area contributed by atoms with Crippen molar-refractivity contribution in [2.24, 2.45) is 5.11 Å². The van der Waals surface area contributed by atoms with E-state index in [1.165, 1.54) is 0 Å². The van der Waals surface area contributed by atoms with Gasteiger partial charge in [-0.15, -0.1) is 0 Å². The highest BCUT2D eigenvalue weighted by Crippen LogP contribution is 2.16. The maximum atomic E-state index is 9.97. The summed E-state index contributed by atoms with van der Waals surface area (Å²) in [6, 6.07) is 6.80. The second-order valence-corrected chi connectivity index (χ2v) is 2.09. The third kappa shape index (κ3) is 2.37. The number of rotatable bonds is 1. The van der Waals surface area contributed by atoms with Crippen molar-refractivity contribution in [1.29, 1.82) is 0 Å². The molecule has 0 radical (unpaired) electrons. The Morgan fingerprint density at radius 2 is 2.23 bits per heavy atom. The van der Waals surface area contributed by atoms with Crippen molar-refractivity contribution in [2.75, 3.05) is 0 Å². The van der Waals surface area contributed by atoms with Gasteiger partial charge in [-0.05, 0) is 17.5 Å². The standard InChI is InChI=1S/C9H5N3O/c10-12-11-9-6-2-1-4-8(9)5-3-7-13/h1-2,4,6-7H. The molecule has 0 aliphatic rings. The summed E-state index contributed by atoms with van der Waals surface area (Å²) in [4.78, 5) is 12.6. The van der Waals surface area contributed by atoms with Crippen LogP contribution in [-0.4, -0.2) is 6.29 Å². The van der Waals surface area contributed by atoms with Crippen molar-refractivity contribution >= 4 is 12.0 Å². The number of carbonyl (C=O) groups is 1. The minimum absolute atomic E-state index is 0.430. The van der Waals surface area contributed by atoms with E-state index in [9.17, 15) is 4.79 Å². The molecule has 0 bridgehead atoms. The molecule has 0 aromatic heterocycles. The van der Waals surface area contributed by atoms with Gasteiger partial charge in [-0.25, -0.2) is 0 Å². The Kier molecular flexibility index (Phi) is 3.13. The zero-order valence-electron chi connectivity index (χ0n) is 6.64. The van der Waals surface area contributed by atoms with Crippen LogP contribution in [-0.2, 0) is 4.79 Å². The lowest BCUT2D eigenvalue weighted by atomic mass is 10.2. The molecule has 0 saturated heterocycles. The smallest absolute Gasteiger partial charge is 0.193 e. The van der Waals surface area contributed by atoms with Crippen LogP contribution in [0.25, 0.3) is 10.4 Å². The van der Waals surface area contributed by atoms with Gasteiger partial charge >= 0.3 is 0 Å². The molecule has 0 unspecified atom stereocenters. The van der Waals surface area contributed by atoms with Crippen LogP contribution in [0.15, 0.2) is 29.4 Å². The fraction of sp³-hybridized carbons (Fsp3) is 0. The molecule has 0 aliphatic carbocycles. The second-order valence-electron chi connectivity index (χ2n) is 2.09. The van der Waals surface area contributed by atoms with Crippen molar-refractivity contribution < 1.29 is 4.79 Å². The Labute approximate surface area is 74.8 Å². The molecule has 0 fully saturated rings. The number of azide groups is 1. The lowest BCUT2D eigenvalue weighted by Crippen LogP contribution is -1.74. The quantitative estimate of drug-likeness (QED) is 0.210. The monoisotopic (exact) mass is 171 g/mol. The number of benzene rings is 1. The number of carbonyl (C=O) groups excluding carboxylic acids is 1. The second kappa shape index (κ2) is 4.60. The summed E-state index contributed by atoms with van der Waals surface area (Å²) >= 11 is 0. The van der Waals surface area contributed by atoms with Crippen LogP contribution in [0.1, 0.15) is 5.56 Å². The molecule has 0 saturated carbocycles. The average Bonchev–Trinajstić information content (AvgIpc) is 2.17. The molecular formula is C9H5N3O. The highest BCUT2D eigenvalue weighted by Gasteiger charge is 1.93. The number of hydrogen-bond donors (Lipinski definition) is 0. The van der Waals surface area contributed by atoms with Crippen LogP contribution in [0.2, 0.25) is 0 Å². The van der Waals surface area contributed by atoms with Gasteiger partial charge in [0, 0.05) is 10.5 Å². The summed E-state index contributed by atoms with van der Waals surface area (Å²) in [5.74, 6) is 4.81. The number of nitrogens with zero attached hydrogens (tertiary/aromatic N) is 3. The molecule has 0 heterocycles. The van der Waals surface area contributed by atoms with Crippen molar-refractivity contribution in [3.05, 3.63) is 40.3 Å². The topological polar surface area (TPSA) is 65.8 Å². The Bertz CT molecular complexity index is 422. The molecule has 0 aliphatic heterocycles. The number of hydrogen-bond acceptors (Lipinski definition) is 2. The Morgan fingerprint density at radius 3 is 2.92 bits per heavy atom. The van der Waals surface area contributed by atoms with Crippen LogP contribution in [0.5, 0.6) is 0 Å². The summed E-state index contributed by atoms with van der Waals surface area (Å²) in [6.07, 6.45) is 0.493. The first kappa shape index (κ1) is 8.85. The van der Waals surface area contributed by atoms with Crippen LogP contribution in [0.3, 0.4) is 0 Å². The van der Waals surface area contributed by atoms with Gasteiger partial charge in [0.15, 0.2) is 6.29 Å². The lowest BCUT2D eigenvalue weighted by Gasteiger charge is -1.93. The molecule has 0 amide bonds. The summed E-state index contributed by atoms with van der Waals surface area (Å²) < 4.78 is 0. The van der Waals surface area contributed by atoms with Crippen LogP contribution >= 0.6 is 0 Å². The Balaban J connectivity index is 3.18. The zero-order valence-corrected chi connectivity index (χ0v) is 6.64. The van der Waals surface area contributed by atoms with E-state index >= 15 is 0 Å². The van der Waals surface area contributed by atoms with Gasteiger partial charge in [0.25, 0.3) is 0 Å². The average molecular weight is 171 g/mol. The normalized spacial score (nSPS) is 7.69. The van der Waals surface area contributed by atoms with Gasteiger partial charge in [0.2, 0.25) is 0 Å². The van der Waals surface area contributed by atoms with Gasteiger partial charge in [0.1, 0.15) is 0 Å². The largest absolute Gasteiger partial charge is 0.289 e. The molecule has 62 valence electrons. The third-order valence-electron chi connectivity index (χ3n) is 1.32. The molecule has 0 atom stereocenters. The predicted molar refractivity (Wildman–Crippen MR) is 48.2 cm³/mol. The van der Waals surface area contributed by atoms with E-state index in [1.54, 1.807) is 24.3 Å². The van der Waals surface area contributed by atoms with Crippen LogP contribution in [0.4, 0.5) is 5.69 Å². The number of aldehydes is 1. The summed E-state index contributed by atoms with van der Waals surface area (Å²) in [6.45, 7) is 0. The van der Waals surface area contributed by atoms with Crippen molar-refractivity contribution in [1.82, 2.24) is 0 Å². The van der Waals surface area contributed by atoms with E-state index in [0.717, 1.165) is 0 Å². The van der Waals surface area contributed by atoms with Gasteiger partial charge in [-0.3, -0.25) is 4.79 Å². The highest BCUT2D eigenvalue weighted by atomic mass is 16.1. The molecule has 1 aromatic rings. The molecule has 1 rings (SSSR count). The maximum absolute atomic E-state index is 9.97. The van der Waals surface area contributed by atoms with E-state index in [1.807, 2.05) is 0 Å². The molecular weight excluding hydrogens is 166 g/mol. The van der Waals surface area contributed by atoms with Crippen LogP contribution in [0, 0.1) is 11.8 Å². The van der Waals surface area contributed by atoms with Gasteiger partial charge < -0.3 is 0 Å². The molecule has 0 spiro atoms. The first-order chi connectivity index (χ1) is 6.38. The molecule has 1 aromatic carbocycles. The van der Waals surface area contributed by atoms with Crippen molar-refractivity contribution in [2.45, 2.75) is 0 Å². The minimum atomic E-state index is 0.430. The first-order valence-corrected chi connectivity index (χ1v) is 3.48. The van der Waals surface area contributed by atoms with E-state index < -0.39 is 0 Å². The first-order valence-electron chi connectivity index (χ1n) is 3.48. The van der Waals surface area contributed by atoms with Gasteiger partial charge in [-0.2, -0.15) is 0 Å². The predicted octanol–water partition coefficient (Wildman–Crippen LogP) is 2.18. The molecule has 13 heavy (non-hydrogen) atoms. The van der Waals surface area contributed by atoms with Crippen molar-refractivity contribution in [3.8, 4) is 11.8 Å². The van der Waals surface area contributed by atoms with E-state index in [-0.39, 0.29) is 0 Å². The van der Waals surface area contributed by atoms with E-state index in [0.29, 0.717) is 17.5 Å². The minimum Gasteiger partial charge on any atom is -0.289 e. The summed E-state index contributed by atoms with van der Waals surface area (Å²) in [5, 5.41) is 3.42. The maximum Gasteiger partial charge on any atom is 0.193 e. The fourth-order valence-electron chi connectivity index (χ4n) is 0.822. The molecule has 4 nitrogen and oxygen atoms in total. The zero-order chi connectivity index (χ0) is 9.52. The lowest BCUT2D eigenvalue weighted by molar-refractivity contribution is -0.103. The van der Waals surface area contributed by atoms with E-state index in [4.69, 9.17) is 5.53 Å². The third-order valence-corrected chi connectivity index (χ3v) is 1.32. The Morgan fingerprint density at radius 1 is 1.46 bits per heavy atom. The van der Waals surface area contributed by atoms with Gasteiger partial charge in [0.05, 0.1) is 5.69 Å². The summed E-state index contributed by atoms with van der Waals surface area (Å²) in [7, 11) is 0. The summed E-state index contributed by atoms with van der Waals surface area (Å²) in [5.41, 5.74) is 9.19. The Hall–Kier alpha value is -2.24. The molecule has 4 heteroatoms. The van der Waals surface area contributed by atoms with Crippen molar-refractivity contribution in [3.63, 3.8) is 0 Å². The van der Waals surface area contributed by atoms with E-state index in [2.05, 4.69) is 21.9 Å². The van der Waals surface area contributed by atoms with Gasteiger partial charge in [-0.1, -0.05) is 29.2 Å². The van der Waals surface area contributed by atoms with Crippen LogP contribution < -0.4 is 0 Å².